The first-order chi connectivity index (χ1) is 18.8. The molecule has 2 aromatic heterocycles. The number of hydrogen-bond donors (Lipinski definition) is 1. The number of alkyl halides is 3. The van der Waals surface area contributed by atoms with Crippen LogP contribution in [0.2, 0.25) is 0 Å². The Labute approximate surface area is 223 Å². The van der Waals surface area contributed by atoms with Gasteiger partial charge in [-0.15, -0.1) is 0 Å². The maximum absolute atomic E-state index is 13.9. The van der Waals surface area contributed by atoms with Crippen molar-refractivity contribution in [3.63, 3.8) is 0 Å². The van der Waals surface area contributed by atoms with Gasteiger partial charge in [0.15, 0.2) is 0 Å². The maximum Gasteiger partial charge on any atom is 0.416 e. The molecule has 1 aliphatic rings. The summed E-state index contributed by atoms with van der Waals surface area (Å²) in [5.74, 6) is 5.00. The molecule has 5 rings (SSSR count). The van der Waals surface area contributed by atoms with E-state index in [2.05, 4.69) is 37.0 Å². The number of aromatic nitrogens is 3. The molecule has 0 unspecified atom stereocenters. The van der Waals surface area contributed by atoms with E-state index in [4.69, 9.17) is 0 Å². The third-order valence-electron chi connectivity index (χ3n) is 6.52. The Balaban J connectivity index is 1.33. The topological polar surface area (TPSA) is 74.2 Å². The molecule has 4 aromatic rings. The second-order valence-corrected chi connectivity index (χ2v) is 9.33. The van der Waals surface area contributed by atoms with E-state index < -0.39 is 17.6 Å². The second-order valence-electron chi connectivity index (χ2n) is 9.33. The molecule has 1 aliphatic heterocycles. The van der Waals surface area contributed by atoms with E-state index in [0.29, 0.717) is 24.3 Å². The van der Waals surface area contributed by atoms with Gasteiger partial charge in [0.05, 0.1) is 11.1 Å². The smallest absolute Gasteiger partial charge is 0.319 e. The Kier molecular flexibility index (Phi) is 7.54. The van der Waals surface area contributed by atoms with Gasteiger partial charge in [0, 0.05) is 67.8 Å². The van der Waals surface area contributed by atoms with E-state index in [0.717, 1.165) is 29.9 Å². The van der Waals surface area contributed by atoms with E-state index in [1.807, 2.05) is 36.2 Å². The number of fused-ring (bicyclic) bond motifs is 1. The summed E-state index contributed by atoms with van der Waals surface area (Å²) < 4.78 is 41.7. The number of halogens is 3. The number of benzene rings is 2. The molecule has 0 atom stereocenters. The van der Waals surface area contributed by atoms with Gasteiger partial charge < -0.3 is 10.2 Å². The quantitative estimate of drug-likeness (QED) is 0.394. The van der Waals surface area contributed by atoms with Gasteiger partial charge in [0.2, 0.25) is 5.82 Å². The number of amides is 1. The molecule has 0 aliphatic carbocycles. The van der Waals surface area contributed by atoms with Crippen LogP contribution in [0.4, 0.5) is 18.9 Å². The lowest BCUT2D eigenvalue weighted by atomic mass is 10.0. The zero-order valence-corrected chi connectivity index (χ0v) is 21.2. The predicted molar refractivity (Wildman–Crippen MR) is 142 cm³/mol. The highest BCUT2D eigenvalue weighted by atomic mass is 19.4. The lowest BCUT2D eigenvalue weighted by Gasteiger charge is -2.33. The Hall–Kier alpha value is -4.33. The number of carbonyl (C=O) groups excluding carboxylic acids is 1. The van der Waals surface area contributed by atoms with Crippen LogP contribution < -0.4 is 5.32 Å². The molecule has 3 heterocycles. The molecular formula is C29H25F3N6O. The summed E-state index contributed by atoms with van der Waals surface area (Å²) in [6.45, 7) is 3.18. The Bertz CT molecular complexity index is 1560. The minimum absolute atomic E-state index is 0.0105. The van der Waals surface area contributed by atoms with Crippen molar-refractivity contribution < 1.29 is 18.0 Å². The van der Waals surface area contributed by atoms with Crippen LogP contribution in [0.25, 0.3) is 10.8 Å². The van der Waals surface area contributed by atoms with Crippen LogP contribution in [-0.2, 0) is 12.7 Å². The molecule has 1 saturated heterocycles. The van der Waals surface area contributed by atoms with Gasteiger partial charge in [0.25, 0.3) is 5.91 Å². The minimum Gasteiger partial charge on any atom is -0.319 e. The average molecular weight is 531 g/mol. The molecule has 1 N–H and O–H groups in total. The SMILES string of the molecule is CN1CCN(Cc2ccc(NC(=O)c3nccc(C#Cc4cncc5ccccc45)n3)cc2C(F)(F)F)CC1. The van der Waals surface area contributed by atoms with Crippen molar-refractivity contribution in [1.29, 1.82) is 0 Å². The van der Waals surface area contributed by atoms with Crippen molar-refractivity contribution in [2.75, 3.05) is 38.5 Å². The molecule has 1 fully saturated rings. The number of nitrogens with zero attached hydrogens (tertiary/aromatic N) is 5. The van der Waals surface area contributed by atoms with Gasteiger partial charge in [-0.3, -0.25) is 14.7 Å². The van der Waals surface area contributed by atoms with Crippen molar-refractivity contribution in [2.24, 2.45) is 0 Å². The highest BCUT2D eigenvalue weighted by molar-refractivity contribution is 6.01. The summed E-state index contributed by atoms with van der Waals surface area (Å²) in [4.78, 5) is 29.3. The minimum atomic E-state index is -4.56. The Morgan fingerprint density at radius 2 is 1.82 bits per heavy atom. The van der Waals surface area contributed by atoms with E-state index in [1.54, 1.807) is 18.5 Å². The molecular weight excluding hydrogens is 505 g/mol. The molecule has 7 nitrogen and oxygen atoms in total. The first kappa shape index (κ1) is 26.3. The number of likely N-dealkylation sites (N-methyl/N-ethyl adjacent to an activating group) is 1. The van der Waals surface area contributed by atoms with Crippen LogP contribution in [0.3, 0.4) is 0 Å². The monoisotopic (exact) mass is 530 g/mol. The number of nitrogens with one attached hydrogen (secondary N) is 1. The lowest BCUT2D eigenvalue weighted by Crippen LogP contribution is -2.44. The third kappa shape index (κ3) is 6.39. The van der Waals surface area contributed by atoms with Crippen molar-refractivity contribution >= 4 is 22.4 Å². The molecule has 1 amide bonds. The van der Waals surface area contributed by atoms with Gasteiger partial charge in [-0.25, -0.2) is 9.97 Å². The summed E-state index contributed by atoms with van der Waals surface area (Å²) >= 11 is 0. The standard InChI is InChI=1S/C29H25F3N6O/c1-37-12-14-38(15-13-37)19-22-7-9-24(16-26(22)29(30,31)32)36-28(39)27-34-11-10-23(35-27)8-6-21-18-33-17-20-4-2-3-5-25(20)21/h2-5,7,9-11,16-18H,12-15,19H2,1H3,(H,36,39). The van der Waals surface area contributed by atoms with Crippen LogP contribution in [-0.4, -0.2) is 63.9 Å². The average Bonchev–Trinajstić information content (AvgIpc) is 2.93. The summed E-state index contributed by atoms with van der Waals surface area (Å²) in [5.41, 5.74) is 0.400. The molecule has 0 saturated carbocycles. The summed E-state index contributed by atoms with van der Waals surface area (Å²) in [5, 5.41) is 4.37. The zero-order valence-electron chi connectivity index (χ0n) is 21.2. The summed E-state index contributed by atoms with van der Waals surface area (Å²) in [6.07, 6.45) is 0.214. The third-order valence-corrected chi connectivity index (χ3v) is 6.52. The van der Waals surface area contributed by atoms with Crippen molar-refractivity contribution in [1.82, 2.24) is 24.8 Å². The van der Waals surface area contributed by atoms with E-state index in [9.17, 15) is 18.0 Å². The van der Waals surface area contributed by atoms with E-state index in [1.165, 1.54) is 18.3 Å². The largest absolute Gasteiger partial charge is 0.416 e. The van der Waals surface area contributed by atoms with Crippen LogP contribution in [0.15, 0.2) is 67.1 Å². The number of hydrogen-bond acceptors (Lipinski definition) is 6. The maximum atomic E-state index is 13.9. The number of rotatable bonds is 4. The molecule has 39 heavy (non-hydrogen) atoms. The van der Waals surface area contributed by atoms with Crippen LogP contribution in [0.5, 0.6) is 0 Å². The number of pyridine rings is 1. The van der Waals surface area contributed by atoms with Crippen molar-refractivity contribution in [2.45, 2.75) is 12.7 Å². The molecule has 198 valence electrons. The predicted octanol–water partition coefficient (Wildman–Crippen LogP) is 4.44. The molecule has 2 aromatic carbocycles. The van der Waals surface area contributed by atoms with Crippen LogP contribution in [0.1, 0.15) is 33.0 Å². The fourth-order valence-electron chi connectivity index (χ4n) is 4.38. The van der Waals surface area contributed by atoms with Gasteiger partial charge >= 0.3 is 6.18 Å². The highest BCUT2D eigenvalue weighted by Crippen LogP contribution is 2.34. The molecule has 0 spiro atoms. The van der Waals surface area contributed by atoms with Gasteiger partial charge in [-0.2, -0.15) is 13.2 Å². The van der Waals surface area contributed by atoms with E-state index in [-0.39, 0.29) is 23.6 Å². The van der Waals surface area contributed by atoms with E-state index >= 15 is 0 Å². The molecule has 0 radical (unpaired) electrons. The zero-order chi connectivity index (χ0) is 27.4. The van der Waals surface area contributed by atoms with Crippen molar-refractivity contribution in [3.05, 3.63) is 95.3 Å². The fourth-order valence-corrected chi connectivity index (χ4v) is 4.38. The first-order valence-electron chi connectivity index (χ1n) is 12.4. The second kappa shape index (κ2) is 11.2. The van der Waals surface area contributed by atoms with Gasteiger partial charge in [0.1, 0.15) is 5.69 Å². The van der Waals surface area contributed by atoms with Crippen LogP contribution in [0, 0.1) is 11.8 Å². The Morgan fingerprint density at radius 1 is 1.03 bits per heavy atom. The van der Waals surface area contributed by atoms with Crippen LogP contribution >= 0.6 is 0 Å². The number of carbonyl (C=O) groups is 1. The first-order valence-corrected chi connectivity index (χ1v) is 12.4. The van der Waals surface area contributed by atoms with Gasteiger partial charge in [-0.05, 0) is 36.7 Å². The Morgan fingerprint density at radius 3 is 2.62 bits per heavy atom. The lowest BCUT2D eigenvalue weighted by molar-refractivity contribution is -0.138. The van der Waals surface area contributed by atoms with Crippen molar-refractivity contribution in [3.8, 4) is 11.8 Å². The highest BCUT2D eigenvalue weighted by Gasteiger charge is 2.34. The fraction of sp³-hybridized carbons (Fsp3) is 0.241. The number of piperazine rings is 1. The molecule has 0 bridgehead atoms. The normalized spacial score (nSPS) is 14.6. The number of anilines is 1. The summed E-state index contributed by atoms with van der Waals surface area (Å²) in [7, 11) is 1.99. The summed E-state index contributed by atoms with van der Waals surface area (Å²) in [6, 6.07) is 13.1. The van der Waals surface area contributed by atoms with Gasteiger partial charge in [-0.1, -0.05) is 36.3 Å². The molecule has 10 heteroatoms.